The molecule has 0 unspecified atom stereocenters. The Morgan fingerprint density at radius 1 is 1.31 bits per heavy atom. The minimum atomic E-state index is -0.622. The first-order valence-corrected chi connectivity index (χ1v) is 8.72. The fourth-order valence-electron chi connectivity index (χ4n) is 3.61. The highest BCUT2D eigenvalue weighted by Crippen LogP contribution is 2.30. The third-order valence-corrected chi connectivity index (χ3v) is 4.88. The lowest BCUT2D eigenvalue weighted by Crippen LogP contribution is -2.52. The van der Waals surface area contributed by atoms with E-state index in [-0.39, 0.29) is 5.91 Å². The van der Waals surface area contributed by atoms with E-state index in [2.05, 4.69) is 15.3 Å². The van der Waals surface area contributed by atoms with Gasteiger partial charge in [-0.15, -0.1) is 0 Å². The van der Waals surface area contributed by atoms with Crippen molar-refractivity contribution in [3.63, 3.8) is 0 Å². The predicted octanol–water partition coefficient (Wildman–Crippen LogP) is 2.17. The number of benzene rings is 1. The molecule has 2 fully saturated rings. The zero-order valence-corrected chi connectivity index (χ0v) is 14.6. The second-order valence-corrected chi connectivity index (χ2v) is 6.80. The number of ether oxygens (including phenoxy) is 1. The van der Waals surface area contributed by atoms with Crippen molar-refractivity contribution in [2.75, 3.05) is 19.6 Å². The van der Waals surface area contributed by atoms with Gasteiger partial charge in [-0.25, -0.2) is 14.8 Å². The molecule has 1 N–H and O–H groups in total. The SMILES string of the molecule is Cc1ncc(C(=O)N2CCC[C@]3(CNC(=O)O3)C2)c(-c2ccccc2)n1. The average Bonchev–Trinajstić information content (AvgIpc) is 3.01. The van der Waals surface area contributed by atoms with E-state index in [4.69, 9.17) is 4.74 Å². The Bertz CT molecular complexity index is 855. The van der Waals surface area contributed by atoms with Gasteiger partial charge in [-0.2, -0.15) is 0 Å². The summed E-state index contributed by atoms with van der Waals surface area (Å²) in [6.45, 7) is 3.25. The van der Waals surface area contributed by atoms with Crippen LogP contribution in [-0.2, 0) is 4.74 Å². The van der Waals surface area contributed by atoms with Gasteiger partial charge in [-0.3, -0.25) is 4.79 Å². The summed E-state index contributed by atoms with van der Waals surface area (Å²) < 4.78 is 5.46. The van der Waals surface area contributed by atoms with E-state index in [0.717, 1.165) is 18.4 Å². The standard InChI is InChI=1S/C19H20N4O3/c1-13-20-10-15(16(22-13)14-6-3-2-4-7-14)17(24)23-9-5-8-19(12-23)11-21-18(25)26-19/h2-4,6-7,10H,5,8-9,11-12H2,1H3,(H,21,25)/t19-/m0/s1. The number of aryl methyl sites for hydroxylation is 1. The largest absolute Gasteiger partial charge is 0.439 e. The van der Waals surface area contributed by atoms with E-state index in [0.29, 0.717) is 36.7 Å². The first-order valence-electron chi connectivity index (χ1n) is 8.72. The van der Waals surface area contributed by atoms with E-state index in [9.17, 15) is 9.59 Å². The minimum Gasteiger partial charge on any atom is -0.439 e. The van der Waals surface area contributed by atoms with E-state index in [1.54, 1.807) is 18.0 Å². The summed E-state index contributed by atoms with van der Waals surface area (Å²) in [7, 11) is 0. The number of likely N-dealkylation sites (tertiary alicyclic amines) is 1. The highest BCUT2D eigenvalue weighted by Gasteiger charge is 2.45. The number of carbonyl (C=O) groups is 2. The van der Waals surface area contributed by atoms with Crippen LogP contribution in [0.3, 0.4) is 0 Å². The number of aromatic nitrogens is 2. The molecule has 2 amide bonds. The monoisotopic (exact) mass is 352 g/mol. The topological polar surface area (TPSA) is 84.4 Å². The summed E-state index contributed by atoms with van der Waals surface area (Å²) in [5, 5.41) is 2.70. The fourth-order valence-corrected chi connectivity index (χ4v) is 3.61. The molecule has 1 atom stereocenters. The number of carbonyl (C=O) groups excluding carboxylic acids is 2. The van der Waals surface area contributed by atoms with Crippen molar-refractivity contribution in [3.05, 3.63) is 47.9 Å². The summed E-state index contributed by atoms with van der Waals surface area (Å²) in [4.78, 5) is 35.2. The van der Waals surface area contributed by atoms with Crippen molar-refractivity contribution in [2.45, 2.75) is 25.4 Å². The lowest BCUT2D eigenvalue weighted by atomic mass is 9.92. The van der Waals surface area contributed by atoms with Crippen LogP contribution in [0.4, 0.5) is 4.79 Å². The van der Waals surface area contributed by atoms with Crippen LogP contribution in [0.5, 0.6) is 0 Å². The predicted molar refractivity (Wildman–Crippen MR) is 94.6 cm³/mol. The maximum atomic E-state index is 13.2. The zero-order chi connectivity index (χ0) is 18.1. The lowest BCUT2D eigenvalue weighted by molar-refractivity contribution is -0.00504. The van der Waals surface area contributed by atoms with Gasteiger partial charge in [0.15, 0.2) is 0 Å². The lowest BCUT2D eigenvalue weighted by Gasteiger charge is -2.38. The Morgan fingerprint density at radius 2 is 2.12 bits per heavy atom. The van der Waals surface area contributed by atoms with Gasteiger partial charge in [-0.05, 0) is 19.8 Å². The quantitative estimate of drug-likeness (QED) is 0.895. The molecule has 0 bridgehead atoms. The number of alkyl carbamates (subject to hydrolysis) is 1. The second kappa shape index (κ2) is 6.40. The van der Waals surface area contributed by atoms with E-state index in [1.807, 2.05) is 30.3 Å². The van der Waals surface area contributed by atoms with Gasteiger partial charge >= 0.3 is 6.09 Å². The molecule has 2 aromatic rings. The molecule has 7 heteroatoms. The molecule has 0 saturated carbocycles. The van der Waals surface area contributed by atoms with Crippen molar-refractivity contribution in [2.24, 2.45) is 0 Å². The van der Waals surface area contributed by atoms with Crippen LogP contribution < -0.4 is 5.32 Å². The van der Waals surface area contributed by atoms with E-state index in [1.165, 1.54) is 0 Å². The molecule has 0 radical (unpaired) electrons. The highest BCUT2D eigenvalue weighted by molar-refractivity contribution is 5.99. The summed E-state index contributed by atoms with van der Waals surface area (Å²) in [5.41, 5.74) is 1.35. The molecule has 1 spiro atoms. The zero-order valence-electron chi connectivity index (χ0n) is 14.6. The van der Waals surface area contributed by atoms with Crippen molar-refractivity contribution in [1.29, 1.82) is 0 Å². The molecule has 2 aliphatic rings. The van der Waals surface area contributed by atoms with Crippen LogP contribution in [0.1, 0.15) is 29.0 Å². The molecule has 1 aromatic carbocycles. The Morgan fingerprint density at radius 3 is 2.85 bits per heavy atom. The first-order chi connectivity index (χ1) is 12.6. The summed E-state index contributed by atoms with van der Waals surface area (Å²) >= 11 is 0. The Kier molecular flexibility index (Phi) is 4.06. The van der Waals surface area contributed by atoms with Crippen LogP contribution in [0.2, 0.25) is 0 Å². The Hall–Kier alpha value is -2.96. The van der Waals surface area contributed by atoms with E-state index >= 15 is 0 Å². The highest BCUT2D eigenvalue weighted by atomic mass is 16.6. The molecule has 0 aliphatic carbocycles. The number of amides is 2. The minimum absolute atomic E-state index is 0.133. The molecule has 1 aromatic heterocycles. The Balaban J connectivity index is 1.65. The molecule has 26 heavy (non-hydrogen) atoms. The number of hydrogen-bond donors (Lipinski definition) is 1. The number of hydrogen-bond acceptors (Lipinski definition) is 5. The first kappa shape index (κ1) is 16.5. The van der Waals surface area contributed by atoms with Gasteiger partial charge < -0.3 is 15.0 Å². The van der Waals surface area contributed by atoms with Crippen LogP contribution >= 0.6 is 0 Å². The van der Waals surface area contributed by atoms with Crippen LogP contribution in [0.25, 0.3) is 11.3 Å². The normalized spacial score (nSPS) is 22.2. The van der Waals surface area contributed by atoms with Gasteiger partial charge in [-0.1, -0.05) is 30.3 Å². The second-order valence-electron chi connectivity index (χ2n) is 6.80. The molecular weight excluding hydrogens is 332 g/mol. The number of piperidine rings is 1. The molecule has 134 valence electrons. The number of rotatable bonds is 2. The number of nitrogens with one attached hydrogen (secondary N) is 1. The smallest absolute Gasteiger partial charge is 0.407 e. The van der Waals surface area contributed by atoms with Gasteiger partial charge in [0.2, 0.25) is 0 Å². The molecule has 2 saturated heterocycles. The summed E-state index contributed by atoms with van der Waals surface area (Å²) in [5.74, 6) is 0.482. The van der Waals surface area contributed by atoms with Crippen molar-refractivity contribution < 1.29 is 14.3 Å². The molecular formula is C19H20N4O3. The van der Waals surface area contributed by atoms with Crippen LogP contribution in [0, 0.1) is 6.92 Å². The molecule has 2 aliphatic heterocycles. The van der Waals surface area contributed by atoms with Crippen LogP contribution in [0.15, 0.2) is 36.5 Å². The molecule has 3 heterocycles. The summed E-state index contributed by atoms with van der Waals surface area (Å²) in [6, 6.07) is 9.62. The van der Waals surface area contributed by atoms with Gasteiger partial charge in [0, 0.05) is 18.3 Å². The van der Waals surface area contributed by atoms with Crippen LogP contribution in [-0.4, -0.2) is 52.1 Å². The maximum absolute atomic E-state index is 13.2. The Labute approximate surface area is 151 Å². The summed E-state index contributed by atoms with van der Waals surface area (Å²) in [6.07, 6.45) is 2.72. The van der Waals surface area contributed by atoms with Gasteiger partial charge in [0.1, 0.15) is 11.4 Å². The third-order valence-electron chi connectivity index (χ3n) is 4.88. The van der Waals surface area contributed by atoms with Crippen molar-refractivity contribution in [3.8, 4) is 11.3 Å². The van der Waals surface area contributed by atoms with Crippen molar-refractivity contribution >= 4 is 12.0 Å². The maximum Gasteiger partial charge on any atom is 0.407 e. The van der Waals surface area contributed by atoms with Gasteiger partial charge in [0.05, 0.1) is 24.3 Å². The number of nitrogens with zero attached hydrogens (tertiary/aromatic N) is 3. The molecule has 7 nitrogen and oxygen atoms in total. The average molecular weight is 352 g/mol. The van der Waals surface area contributed by atoms with Crippen molar-refractivity contribution in [1.82, 2.24) is 20.2 Å². The van der Waals surface area contributed by atoms with Gasteiger partial charge in [0.25, 0.3) is 5.91 Å². The third kappa shape index (κ3) is 3.00. The fraction of sp³-hybridized carbons (Fsp3) is 0.368. The molecule has 4 rings (SSSR count). The van der Waals surface area contributed by atoms with E-state index < -0.39 is 11.7 Å².